The van der Waals surface area contributed by atoms with Crippen LogP contribution in [0.4, 0.5) is 0 Å². The van der Waals surface area contributed by atoms with Crippen LogP contribution in [0.15, 0.2) is 54.6 Å². The van der Waals surface area contributed by atoms with Crippen LogP contribution in [0.2, 0.25) is 5.02 Å². The van der Waals surface area contributed by atoms with Crippen LogP contribution in [0.25, 0.3) is 0 Å². The third-order valence-corrected chi connectivity index (χ3v) is 4.88. The highest BCUT2D eigenvalue weighted by molar-refractivity contribution is 6.31. The van der Waals surface area contributed by atoms with Gasteiger partial charge in [-0.1, -0.05) is 48.0 Å². The van der Waals surface area contributed by atoms with Crippen LogP contribution in [0, 0.1) is 0 Å². The quantitative estimate of drug-likeness (QED) is 0.579. The highest BCUT2D eigenvalue weighted by Gasteiger charge is 2.28. The molecule has 2 rings (SSSR count). The zero-order chi connectivity index (χ0) is 22.1. The van der Waals surface area contributed by atoms with Crippen LogP contribution < -0.4 is 10.1 Å². The Labute approximate surface area is 184 Å². The van der Waals surface area contributed by atoms with E-state index in [1.807, 2.05) is 69.3 Å². The normalized spacial score (nSPS) is 12.2. The molecule has 2 amide bonds. The second kappa shape index (κ2) is 11.0. The SMILES string of the molecule is C[C@H](C(=O)NC(C)(C)C)N(Cc1ccccc1Cl)C(=O)CCCOc1ccccc1. The van der Waals surface area contributed by atoms with Gasteiger partial charge in [0.2, 0.25) is 11.8 Å². The molecule has 0 fully saturated rings. The van der Waals surface area contributed by atoms with E-state index in [2.05, 4.69) is 5.32 Å². The van der Waals surface area contributed by atoms with E-state index >= 15 is 0 Å². The van der Waals surface area contributed by atoms with Crippen molar-refractivity contribution in [3.63, 3.8) is 0 Å². The molecule has 2 aromatic rings. The summed E-state index contributed by atoms with van der Waals surface area (Å²) in [7, 11) is 0. The van der Waals surface area contributed by atoms with Gasteiger partial charge in [-0.15, -0.1) is 0 Å². The van der Waals surface area contributed by atoms with E-state index < -0.39 is 6.04 Å². The molecule has 0 saturated carbocycles. The molecule has 0 aliphatic heterocycles. The van der Waals surface area contributed by atoms with Crippen molar-refractivity contribution in [2.45, 2.75) is 58.7 Å². The molecule has 30 heavy (non-hydrogen) atoms. The molecule has 0 spiro atoms. The molecule has 0 radical (unpaired) electrons. The lowest BCUT2D eigenvalue weighted by Crippen LogP contribution is -2.52. The van der Waals surface area contributed by atoms with E-state index in [9.17, 15) is 9.59 Å². The van der Waals surface area contributed by atoms with Gasteiger partial charge in [0.15, 0.2) is 0 Å². The number of nitrogens with zero attached hydrogens (tertiary/aromatic N) is 1. The van der Waals surface area contributed by atoms with Crippen LogP contribution in [-0.4, -0.2) is 34.9 Å². The summed E-state index contributed by atoms with van der Waals surface area (Å²) in [6.45, 7) is 8.20. The number of hydrogen-bond acceptors (Lipinski definition) is 3. The predicted octanol–water partition coefficient (Wildman–Crippen LogP) is 4.83. The van der Waals surface area contributed by atoms with Gasteiger partial charge in [-0.2, -0.15) is 0 Å². The highest BCUT2D eigenvalue weighted by atomic mass is 35.5. The molecule has 0 aromatic heterocycles. The van der Waals surface area contributed by atoms with Crippen molar-refractivity contribution in [2.24, 2.45) is 0 Å². The van der Waals surface area contributed by atoms with E-state index in [1.54, 1.807) is 17.9 Å². The molecule has 162 valence electrons. The van der Waals surface area contributed by atoms with Crippen LogP contribution in [0.3, 0.4) is 0 Å². The Balaban J connectivity index is 2.04. The van der Waals surface area contributed by atoms with Gasteiger partial charge in [0.25, 0.3) is 0 Å². The van der Waals surface area contributed by atoms with Crippen molar-refractivity contribution in [1.29, 1.82) is 0 Å². The fourth-order valence-electron chi connectivity index (χ4n) is 2.94. The molecule has 0 heterocycles. The lowest BCUT2D eigenvalue weighted by Gasteiger charge is -2.31. The molecule has 2 aromatic carbocycles. The Hall–Kier alpha value is -2.53. The maximum Gasteiger partial charge on any atom is 0.242 e. The second-order valence-corrected chi connectivity index (χ2v) is 8.70. The molecule has 5 nitrogen and oxygen atoms in total. The van der Waals surface area contributed by atoms with E-state index in [0.717, 1.165) is 11.3 Å². The average molecular weight is 431 g/mol. The number of nitrogens with one attached hydrogen (secondary N) is 1. The Morgan fingerprint density at radius 3 is 2.33 bits per heavy atom. The van der Waals surface area contributed by atoms with Crippen molar-refractivity contribution in [3.05, 3.63) is 65.2 Å². The first-order chi connectivity index (χ1) is 14.2. The summed E-state index contributed by atoms with van der Waals surface area (Å²) in [6, 6.07) is 16.2. The molecule has 1 atom stereocenters. The van der Waals surface area contributed by atoms with Crippen molar-refractivity contribution in [3.8, 4) is 5.75 Å². The molecular formula is C24H31ClN2O3. The minimum absolute atomic E-state index is 0.108. The summed E-state index contributed by atoms with van der Waals surface area (Å²) in [5.41, 5.74) is 0.428. The number of carbonyl (C=O) groups excluding carboxylic acids is 2. The van der Waals surface area contributed by atoms with Gasteiger partial charge in [-0.3, -0.25) is 9.59 Å². The monoisotopic (exact) mass is 430 g/mol. The highest BCUT2D eigenvalue weighted by Crippen LogP contribution is 2.20. The fraction of sp³-hybridized carbons (Fsp3) is 0.417. The smallest absolute Gasteiger partial charge is 0.242 e. The number of halogens is 1. The predicted molar refractivity (Wildman–Crippen MR) is 121 cm³/mol. The Kier molecular flexibility index (Phi) is 8.72. The number of benzene rings is 2. The van der Waals surface area contributed by atoms with Crippen LogP contribution >= 0.6 is 11.6 Å². The summed E-state index contributed by atoms with van der Waals surface area (Å²) < 4.78 is 5.68. The average Bonchev–Trinajstić information content (AvgIpc) is 2.69. The van der Waals surface area contributed by atoms with Gasteiger partial charge in [0, 0.05) is 23.5 Å². The van der Waals surface area contributed by atoms with Crippen LogP contribution in [-0.2, 0) is 16.1 Å². The molecule has 0 aliphatic carbocycles. The van der Waals surface area contributed by atoms with Gasteiger partial charge in [0.05, 0.1) is 6.61 Å². The largest absolute Gasteiger partial charge is 0.494 e. The van der Waals surface area contributed by atoms with E-state index in [4.69, 9.17) is 16.3 Å². The summed E-state index contributed by atoms with van der Waals surface area (Å²) in [4.78, 5) is 27.3. The first-order valence-corrected chi connectivity index (χ1v) is 10.6. The minimum atomic E-state index is -0.622. The number of rotatable bonds is 9. The number of hydrogen-bond donors (Lipinski definition) is 1. The first kappa shape index (κ1) is 23.7. The second-order valence-electron chi connectivity index (χ2n) is 8.29. The third kappa shape index (κ3) is 7.71. The molecular weight excluding hydrogens is 400 g/mol. The molecule has 0 aliphatic rings. The Bertz CT molecular complexity index is 834. The van der Waals surface area contributed by atoms with Gasteiger partial charge >= 0.3 is 0 Å². The van der Waals surface area contributed by atoms with Gasteiger partial charge in [-0.25, -0.2) is 0 Å². The summed E-state index contributed by atoms with van der Waals surface area (Å²) >= 11 is 6.30. The number of amides is 2. The molecule has 6 heteroatoms. The van der Waals surface area contributed by atoms with Crippen molar-refractivity contribution in [2.75, 3.05) is 6.61 Å². The third-order valence-electron chi connectivity index (χ3n) is 4.51. The minimum Gasteiger partial charge on any atom is -0.494 e. The Morgan fingerprint density at radius 2 is 1.70 bits per heavy atom. The van der Waals surface area contributed by atoms with Gasteiger partial charge in [-0.05, 0) is 57.9 Å². The van der Waals surface area contributed by atoms with Crippen molar-refractivity contribution >= 4 is 23.4 Å². The molecule has 0 saturated heterocycles. The standard InChI is InChI=1S/C24H31ClN2O3/c1-18(23(29)26-24(2,3)4)27(17-19-11-8-9-14-21(19)25)22(28)15-10-16-30-20-12-6-5-7-13-20/h5-9,11-14,18H,10,15-17H2,1-4H3,(H,26,29)/t18-/m1/s1. The summed E-state index contributed by atoms with van der Waals surface area (Å²) in [5.74, 6) is 0.474. The summed E-state index contributed by atoms with van der Waals surface area (Å²) in [6.07, 6.45) is 0.838. The Morgan fingerprint density at radius 1 is 1.07 bits per heavy atom. The van der Waals surface area contributed by atoms with Crippen LogP contribution in [0.1, 0.15) is 46.1 Å². The first-order valence-electron chi connectivity index (χ1n) is 10.2. The number of ether oxygens (including phenoxy) is 1. The van der Waals surface area contributed by atoms with Crippen LogP contribution in [0.5, 0.6) is 5.75 Å². The van der Waals surface area contributed by atoms with Crippen molar-refractivity contribution < 1.29 is 14.3 Å². The molecule has 0 bridgehead atoms. The van der Waals surface area contributed by atoms with E-state index in [1.165, 1.54) is 0 Å². The van der Waals surface area contributed by atoms with E-state index in [-0.39, 0.29) is 30.3 Å². The molecule has 0 unspecified atom stereocenters. The molecule has 1 N–H and O–H groups in total. The number of para-hydroxylation sites is 1. The summed E-state index contributed by atoms with van der Waals surface area (Å²) in [5, 5.41) is 3.53. The number of carbonyl (C=O) groups is 2. The zero-order valence-corrected chi connectivity index (χ0v) is 18.9. The lowest BCUT2D eigenvalue weighted by molar-refractivity contribution is -0.141. The van der Waals surface area contributed by atoms with Crippen molar-refractivity contribution in [1.82, 2.24) is 10.2 Å². The van der Waals surface area contributed by atoms with Gasteiger partial charge < -0.3 is 15.0 Å². The maximum absolute atomic E-state index is 13.0. The van der Waals surface area contributed by atoms with Gasteiger partial charge in [0.1, 0.15) is 11.8 Å². The van der Waals surface area contributed by atoms with E-state index in [0.29, 0.717) is 18.1 Å². The topological polar surface area (TPSA) is 58.6 Å². The lowest BCUT2D eigenvalue weighted by atomic mass is 10.1. The zero-order valence-electron chi connectivity index (χ0n) is 18.2. The fourth-order valence-corrected chi connectivity index (χ4v) is 3.14. The maximum atomic E-state index is 13.0.